The Labute approximate surface area is 94.9 Å². The minimum absolute atomic E-state index is 0.0787. The summed E-state index contributed by atoms with van der Waals surface area (Å²) in [5, 5.41) is 0. The summed E-state index contributed by atoms with van der Waals surface area (Å²) < 4.78 is 11.7. The van der Waals surface area contributed by atoms with E-state index < -0.39 is 0 Å². The highest BCUT2D eigenvalue weighted by molar-refractivity contribution is 6.43. The Kier molecular flexibility index (Phi) is 3.29. The maximum absolute atomic E-state index is 5.94. The zero-order valence-electron chi connectivity index (χ0n) is 11.3. The van der Waals surface area contributed by atoms with Crippen molar-refractivity contribution in [2.45, 2.75) is 72.4 Å². The van der Waals surface area contributed by atoms with Crippen LogP contribution in [0.5, 0.6) is 0 Å². The van der Waals surface area contributed by atoms with Gasteiger partial charge >= 0.3 is 7.12 Å². The van der Waals surface area contributed by atoms with E-state index in [4.69, 9.17) is 9.31 Å². The van der Waals surface area contributed by atoms with Crippen LogP contribution >= 0.6 is 0 Å². The van der Waals surface area contributed by atoms with Crippen molar-refractivity contribution in [3.63, 3.8) is 0 Å². The Bertz CT molecular complexity index is 232. The summed E-state index contributed by atoms with van der Waals surface area (Å²) in [5.74, 6) is 0. The number of hydrogen-bond acceptors (Lipinski definition) is 2. The molecule has 0 amide bonds. The van der Waals surface area contributed by atoms with Crippen molar-refractivity contribution in [3.05, 3.63) is 0 Å². The van der Waals surface area contributed by atoms with E-state index >= 15 is 0 Å². The quantitative estimate of drug-likeness (QED) is 0.652. The van der Waals surface area contributed by atoms with Gasteiger partial charge in [0.25, 0.3) is 0 Å². The van der Waals surface area contributed by atoms with Gasteiger partial charge in [-0.15, -0.1) is 0 Å². The Morgan fingerprint density at radius 2 is 1.60 bits per heavy atom. The average molecular weight is 212 g/mol. The maximum atomic E-state index is 5.94. The highest BCUT2D eigenvalue weighted by Crippen LogP contribution is 2.42. The molecule has 0 N–H and O–H groups in total. The normalized spacial score (nSPS) is 31.0. The van der Waals surface area contributed by atoms with Gasteiger partial charge in [-0.25, -0.2) is 0 Å². The Morgan fingerprint density at radius 3 is 1.93 bits per heavy atom. The van der Waals surface area contributed by atoms with Crippen LogP contribution in [0.2, 0.25) is 6.82 Å². The van der Waals surface area contributed by atoms with Gasteiger partial charge in [0.05, 0.1) is 11.2 Å². The smallest absolute Gasteiger partial charge is 0.403 e. The average Bonchev–Trinajstić information content (AvgIpc) is 2.16. The Balaban J connectivity index is 2.66. The van der Waals surface area contributed by atoms with Crippen LogP contribution in [-0.4, -0.2) is 18.3 Å². The van der Waals surface area contributed by atoms with Crippen LogP contribution in [-0.2, 0) is 9.31 Å². The van der Waals surface area contributed by atoms with Gasteiger partial charge in [0.15, 0.2) is 0 Å². The molecule has 1 saturated heterocycles. The molecule has 3 heteroatoms. The van der Waals surface area contributed by atoms with E-state index in [9.17, 15) is 0 Å². The fourth-order valence-corrected chi connectivity index (χ4v) is 2.05. The third-order valence-corrected chi connectivity index (χ3v) is 3.51. The summed E-state index contributed by atoms with van der Waals surface area (Å²) in [4.78, 5) is 0. The lowest BCUT2D eigenvalue weighted by molar-refractivity contribution is -0.0223. The standard InChI is InChI=1S/C12H25BO2/c1-10(2,3)8-9-12(6)11(4,5)14-13(7)15-12/h8-9H2,1-7H3. The molecule has 1 unspecified atom stereocenters. The molecule has 1 aliphatic heterocycles. The van der Waals surface area contributed by atoms with E-state index in [2.05, 4.69) is 41.5 Å². The highest BCUT2D eigenvalue weighted by Gasteiger charge is 2.51. The first kappa shape index (κ1) is 13.1. The van der Waals surface area contributed by atoms with Gasteiger partial charge in [-0.1, -0.05) is 20.8 Å². The predicted octanol–water partition coefficient (Wildman–Crippen LogP) is 3.51. The van der Waals surface area contributed by atoms with Gasteiger partial charge < -0.3 is 9.31 Å². The Morgan fingerprint density at radius 1 is 1.07 bits per heavy atom. The van der Waals surface area contributed by atoms with Crippen molar-refractivity contribution in [1.29, 1.82) is 0 Å². The van der Waals surface area contributed by atoms with Gasteiger partial charge in [-0.3, -0.25) is 0 Å². The second kappa shape index (κ2) is 3.78. The van der Waals surface area contributed by atoms with Gasteiger partial charge in [-0.05, 0) is 45.9 Å². The summed E-state index contributed by atoms with van der Waals surface area (Å²) in [6, 6.07) is 0. The van der Waals surface area contributed by atoms with Crippen LogP contribution in [0.25, 0.3) is 0 Å². The summed E-state index contributed by atoms with van der Waals surface area (Å²) in [7, 11) is -0.0787. The van der Waals surface area contributed by atoms with Gasteiger partial charge in [0, 0.05) is 0 Å². The van der Waals surface area contributed by atoms with Crippen LogP contribution in [0.4, 0.5) is 0 Å². The van der Waals surface area contributed by atoms with Crippen LogP contribution in [0.15, 0.2) is 0 Å². The van der Waals surface area contributed by atoms with Crippen molar-refractivity contribution in [2.75, 3.05) is 0 Å². The largest absolute Gasteiger partial charge is 0.454 e. The van der Waals surface area contributed by atoms with Crippen LogP contribution < -0.4 is 0 Å². The van der Waals surface area contributed by atoms with E-state index in [-0.39, 0.29) is 18.3 Å². The molecule has 0 radical (unpaired) electrons. The van der Waals surface area contributed by atoms with Gasteiger partial charge in [-0.2, -0.15) is 0 Å². The molecule has 0 spiro atoms. The molecule has 1 rings (SSSR count). The highest BCUT2D eigenvalue weighted by atomic mass is 16.7. The minimum Gasteiger partial charge on any atom is -0.403 e. The summed E-state index contributed by atoms with van der Waals surface area (Å²) >= 11 is 0. The summed E-state index contributed by atoms with van der Waals surface area (Å²) in [6.45, 7) is 15.2. The van der Waals surface area contributed by atoms with Crippen molar-refractivity contribution in [3.8, 4) is 0 Å². The SMILES string of the molecule is CB1OC(C)(C)C(C)(CCC(C)(C)C)O1. The summed E-state index contributed by atoms with van der Waals surface area (Å²) in [6.07, 6.45) is 2.21. The second-order valence-corrected chi connectivity index (χ2v) is 6.61. The monoisotopic (exact) mass is 212 g/mol. The molecule has 88 valence electrons. The molecule has 0 aromatic rings. The zero-order chi connectivity index (χ0) is 11.9. The van der Waals surface area contributed by atoms with E-state index in [1.54, 1.807) is 0 Å². The maximum Gasteiger partial charge on any atom is 0.454 e. The topological polar surface area (TPSA) is 18.5 Å². The fraction of sp³-hybridized carbons (Fsp3) is 1.00. The van der Waals surface area contributed by atoms with E-state index in [1.807, 2.05) is 6.82 Å². The molecule has 1 aliphatic rings. The molecule has 0 aromatic carbocycles. The Hall–Kier alpha value is -0.0151. The molecule has 0 bridgehead atoms. The molecular weight excluding hydrogens is 187 g/mol. The van der Waals surface area contributed by atoms with Crippen molar-refractivity contribution in [2.24, 2.45) is 5.41 Å². The predicted molar refractivity (Wildman–Crippen MR) is 65.0 cm³/mol. The lowest BCUT2D eigenvalue weighted by Gasteiger charge is -2.38. The fourth-order valence-electron chi connectivity index (χ4n) is 2.05. The molecule has 1 heterocycles. The van der Waals surface area contributed by atoms with E-state index in [0.29, 0.717) is 5.41 Å². The van der Waals surface area contributed by atoms with Gasteiger partial charge in [0.2, 0.25) is 0 Å². The summed E-state index contributed by atoms with van der Waals surface area (Å²) in [5.41, 5.74) is 0.0195. The molecule has 15 heavy (non-hydrogen) atoms. The van der Waals surface area contributed by atoms with E-state index in [0.717, 1.165) is 12.8 Å². The first-order valence-corrected chi connectivity index (χ1v) is 5.91. The van der Waals surface area contributed by atoms with E-state index in [1.165, 1.54) is 0 Å². The number of hydrogen-bond donors (Lipinski definition) is 0. The molecular formula is C12H25BO2. The van der Waals surface area contributed by atoms with Crippen LogP contribution in [0, 0.1) is 5.41 Å². The van der Waals surface area contributed by atoms with Gasteiger partial charge in [0.1, 0.15) is 0 Å². The first-order chi connectivity index (χ1) is 6.56. The van der Waals surface area contributed by atoms with Crippen molar-refractivity contribution in [1.82, 2.24) is 0 Å². The first-order valence-electron chi connectivity index (χ1n) is 5.91. The minimum atomic E-state index is -0.183. The molecule has 1 atom stereocenters. The molecule has 0 aliphatic carbocycles. The third-order valence-electron chi connectivity index (χ3n) is 3.51. The molecule has 0 aromatic heterocycles. The number of rotatable bonds is 2. The van der Waals surface area contributed by atoms with Crippen LogP contribution in [0.3, 0.4) is 0 Å². The van der Waals surface area contributed by atoms with Crippen molar-refractivity contribution >= 4 is 7.12 Å². The van der Waals surface area contributed by atoms with Crippen LogP contribution in [0.1, 0.15) is 54.4 Å². The zero-order valence-corrected chi connectivity index (χ0v) is 11.3. The van der Waals surface area contributed by atoms with Crippen molar-refractivity contribution < 1.29 is 9.31 Å². The molecule has 2 nitrogen and oxygen atoms in total. The third kappa shape index (κ3) is 2.98. The second-order valence-electron chi connectivity index (χ2n) is 6.61. The lowest BCUT2D eigenvalue weighted by Crippen LogP contribution is -2.45. The molecule has 0 saturated carbocycles. The lowest BCUT2D eigenvalue weighted by atomic mass is 9.78. The molecule has 1 fully saturated rings.